The maximum Gasteiger partial charge on any atom is 1.00 e. The second kappa shape index (κ2) is 7.51. The summed E-state index contributed by atoms with van der Waals surface area (Å²) < 4.78 is 0. The minimum Gasteiger partial charge on any atom is -0.663 e. The second-order valence-electron chi connectivity index (χ2n) is 7.79. The van der Waals surface area contributed by atoms with Crippen molar-refractivity contribution in [3.63, 3.8) is 0 Å². The quantitative estimate of drug-likeness (QED) is 0.451. The van der Waals surface area contributed by atoms with E-state index < -0.39 is 8.24 Å². The number of rotatable bonds is 2. The molecule has 0 heterocycles. The predicted molar refractivity (Wildman–Crippen MR) is 102 cm³/mol. The fourth-order valence-electron chi connectivity index (χ4n) is 3.88. The van der Waals surface area contributed by atoms with Crippen molar-refractivity contribution in [1.82, 2.24) is 0 Å². The van der Waals surface area contributed by atoms with E-state index in [9.17, 15) is 0 Å². The number of fused-ring (bicyclic) bond motifs is 3. The Labute approximate surface area is 171 Å². The Morgan fingerprint density at radius 3 is 2.17 bits per heavy atom. The fraction of sp³-hybridized carbons (Fsp3) is 0.350. The molecule has 0 saturated heterocycles. The Morgan fingerprint density at radius 2 is 1.54 bits per heavy atom. The van der Waals surface area contributed by atoms with Gasteiger partial charge in [-0.15, -0.1) is 27.9 Å². The van der Waals surface area contributed by atoms with Gasteiger partial charge in [-0.05, 0) is 5.39 Å². The Balaban J connectivity index is 0.00000144. The summed E-state index contributed by atoms with van der Waals surface area (Å²) in [5, 5.41) is 6.97. The molecule has 0 aliphatic heterocycles. The first-order valence-electron chi connectivity index (χ1n) is 8.01. The van der Waals surface area contributed by atoms with Crippen LogP contribution in [-0.2, 0) is 0 Å². The molecular formula is C20H25Li2NSi. The molecule has 4 heteroatoms. The summed E-state index contributed by atoms with van der Waals surface area (Å²) >= 11 is 0. The van der Waals surface area contributed by atoms with Crippen LogP contribution in [0.4, 0.5) is 0 Å². The maximum absolute atomic E-state index is 5.21. The number of aryl methyl sites for hydroxylation is 1. The van der Waals surface area contributed by atoms with Gasteiger partial charge >= 0.3 is 37.7 Å². The molecule has 3 aromatic carbocycles. The van der Waals surface area contributed by atoms with Gasteiger partial charge < -0.3 is 4.98 Å². The molecule has 0 radical (unpaired) electrons. The molecule has 0 unspecified atom stereocenters. The molecule has 0 aromatic heterocycles. The molecule has 0 aliphatic rings. The van der Waals surface area contributed by atoms with Crippen LogP contribution in [0.3, 0.4) is 0 Å². The summed E-state index contributed by atoms with van der Waals surface area (Å²) in [6.45, 7) is 13.6. The average molecular weight is 321 g/mol. The molecule has 24 heavy (non-hydrogen) atoms. The van der Waals surface area contributed by atoms with E-state index in [1.54, 1.807) is 0 Å². The van der Waals surface area contributed by atoms with Crippen LogP contribution in [0.5, 0.6) is 0 Å². The van der Waals surface area contributed by atoms with Crippen LogP contribution in [0.25, 0.3) is 26.5 Å². The van der Waals surface area contributed by atoms with Gasteiger partial charge in [-0.1, -0.05) is 84.7 Å². The van der Waals surface area contributed by atoms with Gasteiger partial charge in [0.05, 0.1) is 0 Å². The van der Waals surface area contributed by atoms with E-state index in [0.717, 1.165) is 0 Å². The molecule has 0 fully saturated rings. The molecule has 1 nitrogen and oxygen atoms in total. The van der Waals surface area contributed by atoms with Crippen molar-refractivity contribution in [2.45, 2.75) is 46.3 Å². The van der Waals surface area contributed by atoms with Crippen molar-refractivity contribution in [1.29, 1.82) is 0 Å². The van der Waals surface area contributed by atoms with Crippen LogP contribution >= 0.6 is 0 Å². The van der Waals surface area contributed by atoms with Crippen LogP contribution < -0.4 is 42.9 Å². The number of hydrogen-bond acceptors (Lipinski definition) is 0. The van der Waals surface area contributed by atoms with Crippen LogP contribution in [0.2, 0.25) is 13.1 Å². The van der Waals surface area contributed by atoms with E-state index in [2.05, 4.69) is 83.3 Å². The van der Waals surface area contributed by atoms with E-state index in [-0.39, 0.29) is 43.3 Å². The Bertz CT molecular complexity index is 844. The topological polar surface area (TPSA) is 14.1 Å². The predicted octanol–water partition coefficient (Wildman–Crippen LogP) is -0.387. The summed E-state index contributed by atoms with van der Waals surface area (Å²) in [4.78, 5) is 5.21. The molecule has 0 N–H and O–H groups in total. The molecule has 0 aliphatic carbocycles. The van der Waals surface area contributed by atoms with Crippen LogP contribution in [0, 0.1) is 6.92 Å². The van der Waals surface area contributed by atoms with Gasteiger partial charge in [0.15, 0.2) is 0 Å². The Hall–Kier alpha value is -0.318. The second-order valence-corrected chi connectivity index (χ2v) is 11.6. The van der Waals surface area contributed by atoms with E-state index in [1.165, 1.54) is 32.3 Å². The maximum atomic E-state index is 5.21. The molecule has 0 spiro atoms. The third-order valence-corrected chi connectivity index (χ3v) is 7.34. The first-order valence-corrected chi connectivity index (χ1v) is 11.0. The molecular weight excluding hydrogens is 296 g/mol. The number of hydrogen-bond donors (Lipinski definition) is 0. The van der Waals surface area contributed by atoms with Crippen LogP contribution in [-0.4, -0.2) is 13.8 Å². The minimum atomic E-state index is -1.83. The third kappa shape index (κ3) is 4.08. The van der Waals surface area contributed by atoms with Crippen molar-refractivity contribution in [2.75, 3.05) is 0 Å². The minimum absolute atomic E-state index is 0. The van der Waals surface area contributed by atoms with Gasteiger partial charge in [0, 0.05) is 0 Å². The van der Waals surface area contributed by atoms with Gasteiger partial charge in [0.1, 0.15) is 0 Å². The van der Waals surface area contributed by atoms with Gasteiger partial charge in [-0.25, -0.2) is 0 Å². The first kappa shape index (κ1) is 21.7. The number of benzene rings is 2. The van der Waals surface area contributed by atoms with Gasteiger partial charge in [-0.2, -0.15) is 11.3 Å². The van der Waals surface area contributed by atoms with E-state index >= 15 is 0 Å². The zero-order valence-corrected chi connectivity index (χ0v) is 17.5. The average Bonchev–Trinajstić information content (AvgIpc) is 2.73. The SMILES string of the molecule is Cc1cc2c3ccccc3ccc2[c-]1[Si](C)(C)[N-]C(C)(C)C.[Li+].[Li+]. The zero-order valence-electron chi connectivity index (χ0n) is 16.5. The van der Waals surface area contributed by atoms with Crippen LogP contribution in [0.15, 0.2) is 42.5 Å². The molecule has 0 atom stereocenters. The van der Waals surface area contributed by atoms with Crippen molar-refractivity contribution in [2.24, 2.45) is 0 Å². The van der Waals surface area contributed by atoms with E-state index in [4.69, 9.17) is 4.98 Å². The molecule has 0 amide bonds. The zero-order chi connectivity index (χ0) is 16.1. The summed E-state index contributed by atoms with van der Waals surface area (Å²) in [6, 6.07) is 15.6. The normalized spacial score (nSPS) is 12.1. The molecule has 116 valence electrons. The van der Waals surface area contributed by atoms with Crippen molar-refractivity contribution in [3.05, 3.63) is 53.0 Å². The summed E-state index contributed by atoms with van der Waals surface area (Å²) in [5.41, 5.74) is 1.42. The largest absolute Gasteiger partial charge is 1.00 e. The monoisotopic (exact) mass is 321 g/mol. The summed E-state index contributed by atoms with van der Waals surface area (Å²) in [5.74, 6) is 0. The van der Waals surface area contributed by atoms with Crippen LogP contribution in [0.1, 0.15) is 26.3 Å². The molecule has 3 aromatic rings. The van der Waals surface area contributed by atoms with Crippen molar-refractivity contribution >= 4 is 35.0 Å². The third-order valence-electron chi connectivity index (χ3n) is 4.22. The van der Waals surface area contributed by atoms with Gasteiger partial charge in [0.25, 0.3) is 0 Å². The van der Waals surface area contributed by atoms with E-state index in [0.29, 0.717) is 0 Å². The van der Waals surface area contributed by atoms with Crippen molar-refractivity contribution in [3.8, 4) is 0 Å². The smallest absolute Gasteiger partial charge is 0.663 e. The molecule has 3 rings (SSSR count). The standard InChI is InChI=1S/C20H25NSi.2Li/c1-14-13-18-16-10-8-7-9-15(16)11-12-17(18)19(14)22(5,6)21-20(2,3)4;;/h7-13H,1-6H3;;/q-2;2*+1. The van der Waals surface area contributed by atoms with Gasteiger partial charge in [-0.3, -0.25) is 0 Å². The summed E-state index contributed by atoms with van der Waals surface area (Å²) in [6.07, 6.45) is 0. The Morgan fingerprint density at radius 1 is 0.917 bits per heavy atom. The van der Waals surface area contributed by atoms with E-state index in [1.807, 2.05) is 0 Å². The first-order chi connectivity index (χ1) is 10.2. The fourth-order valence-corrected chi connectivity index (χ4v) is 7.58. The Kier molecular flexibility index (Phi) is 6.80. The summed E-state index contributed by atoms with van der Waals surface area (Å²) in [7, 11) is -1.83. The molecule has 0 saturated carbocycles. The van der Waals surface area contributed by atoms with Crippen molar-refractivity contribution < 1.29 is 37.7 Å². The molecule has 0 bridgehead atoms. The van der Waals surface area contributed by atoms with Gasteiger partial charge in [0.2, 0.25) is 0 Å². The number of nitrogens with zero attached hydrogens (tertiary/aromatic N) is 1.